The number of hydrogen-bond donors (Lipinski definition) is 1. The van der Waals surface area contributed by atoms with E-state index in [0.29, 0.717) is 32.4 Å². The van der Waals surface area contributed by atoms with Gasteiger partial charge in [0.15, 0.2) is 0 Å². The standard InChI is InChI=1S/C24H32N2O4S/c1-19(22-12-6-7-13-23(22)30-2)25-24(27)21-14-16-26(17-15-21)31(28,29)18-8-11-20-9-4-3-5-10-20/h3-7,9-10,12-13,19,21H,8,11,14-18H2,1-2H3,(H,25,27)/t19-/m0/s1. The van der Waals surface area contributed by atoms with Crippen molar-refractivity contribution in [3.63, 3.8) is 0 Å². The Morgan fingerprint density at radius 1 is 1.10 bits per heavy atom. The number of benzene rings is 2. The van der Waals surface area contributed by atoms with E-state index in [2.05, 4.69) is 5.32 Å². The lowest BCUT2D eigenvalue weighted by atomic mass is 9.96. The molecule has 2 aromatic carbocycles. The maximum absolute atomic E-state index is 12.7. The molecule has 0 radical (unpaired) electrons. The summed E-state index contributed by atoms with van der Waals surface area (Å²) in [6.07, 6.45) is 2.44. The zero-order valence-corrected chi connectivity index (χ0v) is 19.1. The number of nitrogens with zero attached hydrogens (tertiary/aromatic N) is 1. The van der Waals surface area contributed by atoms with Gasteiger partial charge in [0.2, 0.25) is 15.9 Å². The second-order valence-corrected chi connectivity index (χ2v) is 10.1. The van der Waals surface area contributed by atoms with Crippen LogP contribution in [0.1, 0.15) is 43.4 Å². The first-order chi connectivity index (χ1) is 14.9. The maximum Gasteiger partial charge on any atom is 0.223 e. The fourth-order valence-electron chi connectivity index (χ4n) is 4.06. The number of sulfonamides is 1. The van der Waals surface area contributed by atoms with Gasteiger partial charge in [0.1, 0.15) is 5.75 Å². The number of ether oxygens (including phenoxy) is 1. The average molecular weight is 445 g/mol. The van der Waals surface area contributed by atoms with Gasteiger partial charge in [0.25, 0.3) is 0 Å². The molecule has 1 heterocycles. The van der Waals surface area contributed by atoms with Gasteiger partial charge in [-0.15, -0.1) is 0 Å². The minimum absolute atomic E-state index is 0.0282. The topological polar surface area (TPSA) is 75.7 Å². The molecule has 0 spiro atoms. The van der Waals surface area contributed by atoms with Crippen molar-refractivity contribution in [2.75, 3.05) is 26.0 Å². The highest BCUT2D eigenvalue weighted by molar-refractivity contribution is 7.89. The number of piperidine rings is 1. The maximum atomic E-state index is 12.7. The Hall–Kier alpha value is -2.38. The lowest BCUT2D eigenvalue weighted by Gasteiger charge is -2.31. The molecule has 0 saturated carbocycles. The Labute approximate surface area is 185 Å². The summed E-state index contributed by atoms with van der Waals surface area (Å²) in [4.78, 5) is 12.7. The van der Waals surface area contributed by atoms with Gasteiger partial charge in [-0.2, -0.15) is 0 Å². The van der Waals surface area contributed by atoms with Gasteiger partial charge in [-0.3, -0.25) is 4.79 Å². The van der Waals surface area contributed by atoms with Gasteiger partial charge in [-0.25, -0.2) is 12.7 Å². The van der Waals surface area contributed by atoms with Crippen molar-refractivity contribution < 1.29 is 17.9 Å². The van der Waals surface area contributed by atoms with Crippen LogP contribution in [0.2, 0.25) is 0 Å². The highest BCUT2D eigenvalue weighted by Crippen LogP contribution is 2.26. The second kappa shape index (κ2) is 10.8. The Bertz CT molecular complexity index is 955. The van der Waals surface area contributed by atoms with Crippen LogP contribution in [0.15, 0.2) is 54.6 Å². The molecule has 0 bridgehead atoms. The third kappa shape index (κ3) is 6.31. The van der Waals surface area contributed by atoms with Crippen LogP contribution in [-0.4, -0.2) is 44.6 Å². The molecule has 31 heavy (non-hydrogen) atoms. The molecule has 1 aliphatic heterocycles. The number of hydrogen-bond acceptors (Lipinski definition) is 4. The monoisotopic (exact) mass is 444 g/mol. The Balaban J connectivity index is 1.47. The summed E-state index contributed by atoms with van der Waals surface area (Å²) in [6.45, 7) is 2.73. The molecular formula is C24H32N2O4S. The van der Waals surface area contributed by atoms with Crippen molar-refractivity contribution >= 4 is 15.9 Å². The molecule has 6 nitrogen and oxygen atoms in total. The second-order valence-electron chi connectivity index (χ2n) is 8.05. The number of methoxy groups -OCH3 is 1. The molecule has 1 fully saturated rings. The predicted molar refractivity (Wildman–Crippen MR) is 122 cm³/mol. The summed E-state index contributed by atoms with van der Waals surface area (Å²) in [5.74, 6) is 0.683. The summed E-state index contributed by atoms with van der Waals surface area (Å²) in [5.41, 5.74) is 2.08. The molecule has 168 valence electrons. The van der Waals surface area contributed by atoms with Crippen LogP contribution in [0.5, 0.6) is 5.75 Å². The van der Waals surface area contributed by atoms with Crippen molar-refractivity contribution in [3.05, 3.63) is 65.7 Å². The van der Waals surface area contributed by atoms with E-state index in [4.69, 9.17) is 4.74 Å². The lowest BCUT2D eigenvalue weighted by Crippen LogP contribution is -2.44. The molecule has 1 atom stereocenters. The van der Waals surface area contributed by atoms with Gasteiger partial charge in [-0.1, -0.05) is 48.5 Å². The highest BCUT2D eigenvalue weighted by atomic mass is 32.2. The van der Waals surface area contributed by atoms with Crippen LogP contribution in [0, 0.1) is 5.92 Å². The number of rotatable bonds is 9. The summed E-state index contributed by atoms with van der Waals surface area (Å²) >= 11 is 0. The first-order valence-electron chi connectivity index (χ1n) is 10.9. The number of carbonyl (C=O) groups excluding carboxylic acids is 1. The van der Waals surface area contributed by atoms with Gasteiger partial charge < -0.3 is 10.1 Å². The first-order valence-corrected chi connectivity index (χ1v) is 12.5. The minimum Gasteiger partial charge on any atom is -0.496 e. The quantitative estimate of drug-likeness (QED) is 0.642. The molecule has 1 amide bonds. The molecule has 2 aromatic rings. The average Bonchev–Trinajstić information content (AvgIpc) is 2.79. The van der Waals surface area contributed by atoms with Crippen molar-refractivity contribution in [1.29, 1.82) is 0 Å². The van der Waals surface area contributed by atoms with E-state index in [1.807, 2.05) is 61.5 Å². The van der Waals surface area contributed by atoms with Gasteiger partial charge in [0, 0.05) is 24.6 Å². The summed E-state index contributed by atoms with van der Waals surface area (Å²) in [5, 5.41) is 3.06. The molecule has 7 heteroatoms. The summed E-state index contributed by atoms with van der Waals surface area (Å²) < 4.78 is 32.3. The smallest absolute Gasteiger partial charge is 0.223 e. The van der Waals surface area contributed by atoms with Crippen LogP contribution in [0.3, 0.4) is 0 Å². The third-order valence-corrected chi connectivity index (χ3v) is 7.85. The molecule has 3 rings (SSSR count). The Morgan fingerprint density at radius 2 is 1.74 bits per heavy atom. The van der Waals surface area contributed by atoms with Crippen LogP contribution in [0.25, 0.3) is 0 Å². The van der Waals surface area contributed by atoms with Gasteiger partial charge in [-0.05, 0) is 44.2 Å². The number of amides is 1. The van der Waals surface area contributed by atoms with Crippen molar-refractivity contribution in [2.24, 2.45) is 5.92 Å². The SMILES string of the molecule is COc1ccccc1[C@H](C)NC(=O)C1CCN(S(=O)(=O)CCCc2ccccc2)CC1. The normalized spacial score (nSPS) is 16.6. The fourth-order valence-corrected chi connectivity index (χ4v) is 5.60. The zero-order valence-electron chi connectivity index (χ0n) is 18.3. The number of nitrogens with one attached hydrogen (secondary N) is 1. The highest BCUT2D eigenvalue weighted by Gasteiger charge is 2.31. The molecule has 1 N–H and O–H groups in total. The Kier molecular flexibility index (Phi) is 8.09. The molecular weight excluding hydrogens is 412 g/mol. The van der Waals surface area contributed by atoms with Crippen molar-refractivity contribution in [2.45, 2.75) is 38.6 Å². The zero-order chi connectivity index (χ0) is 22.3. The van der Waals surface area contributed by atoms with Crippen LogP contribution in [-0.2, 0) is 21.2 Å². The Morgan fingerprint density at radius 3 is 2.42 bits per heavy atom. The van der Waals surface area contributed by atoms with E-state index >= 15 is 0 Å². The largest absolute Gasteiger partial charge is 0.496 e. The molecule has 0 aromatic heterocycles. The van der Waals surface area contributed by atoms with E-state index < -0.39 is 10.0 Å². The molecule has 0 aliphatic carbocycles. The van der Waals surface area contributed by atoms with E-state index in [1.165, 1.54) is 0 Å². The molecule has 1 saturated heterocycles. The molecule has 0 unspecified atom stereocenters. The number of para-hydroxylation sites is 1. The summed E-state index contributed by atoms with van der Waals surface area (Å²) in [7, 11) is -1.68. The first kappa shape index (κ1) is 23.3. The molecule has 1 aliphatic rings. The van der Waals surface area contributed by atoms with Crippen molar-refractivity contribution in [1.82, 2.24) is 9.62 Å². The van der Waals surface area contributed by atoms with E-state index in [1.54, 1.807) is 11.4 Å². The summed E-state index contributed by atoms with van der Waals surface area (Å²) in [6, 6.07) is 17.4. The van der Waals surface area contributed by atoms with Crippen LogP contribution in [0.4, 0.5) is 0 Å². The number of carbonyl (C=O) groups is 1. The van der Waals surface area contributed by atoms with E-state index in [0.717, 1.165) is 23.3 Å². The third-order valence-electron chi connectivity index (χ3n) is 5.89. The van der Waals surface area contributed by atoms with E-state index in [-0.39, 0.29) is 23.6 Å². The van der Waals surface area contributed by atoms with Crippen LogP contribution < -0.4 is 10.1 Å². The fraction of sp³-hybridized carbons (Fsp3) is 0.458. The van der Waals surface area contributed by atoms with E-state index in [9.17, 15) is 13.2 Å². The van der Waals surface area contributed by atoms with Gasteiger partial charge >= 0.3 is 0 Å². The minimum atomic E-state index is -3.29. The lowest BCUT2D eigenvalue weighted by molar-refractivity contribution is -0.126. The number of aryl methyl sites for hydroxylation is 1. The van der Waals surface area contributed by atoms with Gasteiger partial charge in [0.05, 0.1) is 18.9 Å². The predicted octanol–water partition coefficient (Wildman–Crippen LogP) is 3.55. The van der Waals surface area contributed by atoms with Crippen LogP contribution >= 0.6 is 0 Å². The van der Waals surface area contributed by atoms with Crippen molar-refractivity contribution in [3.8, 4) is 5.75 Å².